The first-order valence-corrected chi connectivity index (χ1v) is 23.3. The lowest BCUT2D eigenvalue weighted by Gasteiger charge is -2.61. The fraction of sp³-hybridized carbons (Fsp3) is 0.213. The van der Waals surface area contributed by atoms with Gasteiger partial charge in [-0.3, -0.25) is 0 Å². The van der Waals surface area contributed by atoms with Gasteiger partial charge in [0, 0.05) is 27.8 Å². The minimum Gasteiger partial charge on any atom is -0.310 e. The maximum Gasteiger partial charge on any atom is 0.0540 e. The van der Waals surface area contributed by atoms with Crippen LogP contribution in [-0.2, 0) is 23.7 Å². The minimum atomic E-state index is -0.149. The Balaban J connectivity index is 0.992. The quantitative estimate of drug-likeness (QED) is 0.168. The summed E-state index contributed by atoms with van der Waals surface area (Å²) in [5, 5.41) is 0. The van der Waals surface area contributed by atoms with Gasteiger partial charge in [0.1, 0.15) is 0 Å². The van der Waals surface area contributed by atoms with Crippen LogP contribution in [0.5, 0.6) is 0 Å². The molecule has 0 aliphatic heterocycles. The van der Waals surface area contributed by atoms with Crippen molar-refractivity contribution in [1.82, 2.24) is 0 Å². The van der Waals surface area contributed by atoms with Crippen LogP contribution in [0.1, 0.15) is 65.5 Å². The fourth-order valence-corrected chi connectivity index (χ4v) is 14.7. The molecule has 4 fully saturated rings. The number of anilines is 3. The minimum absolute atomic E-state index is 0.0930. The lowest BCUT2D eigenvalue weighted by Crippen LogP contribution is -2.55. The number of hydrogen-bond acceptors (Lipinski definition) is 1. The van der Waals surface area contributed by atoms with E-state index in [9.17, 15) is 0 Å². The van der Waals surface area contributed by atoms with E-state index in [0.717, 1.165) is 24.7 Å². The van der Waals surface area contributed by atoms with Gasteiger partial charge in [-0.15, -0.1) is 0 Å². The Morgan fingerprint density at radius 2 is 0.855 bits per heavy atom. The Morgan fingerprint density at radius 3 is 1.53 bits per heavy atom. The van der Waals surface area contributed by atoms with Crippen molar-refractivity contribution < 1.29 is 0 Å². The second-order valence-electron chi connectivity index (χ2n) is 19.7. The summed E-state index contributed by atoms with van der Waals surface area (Å²) in [6, 6.07) is 72.3. The van der Waals surface area contributed by atoms with Crippen LogP contribution in [0.25, 0.3) is 44.5 Å². The van der Waals surface area contributed by atoms with Crippen molar-refractivity contribution in [3.8, 4) is 44.5 Å². The highest BCUT2D eigenvalue weighted by Crippen LogP contribution is 2.70. The third kappa shape index (κ3) is 4.80. The number of rotatable bonds is 5. The van der Waals surface area contributed by atoms with Crippen LogP contribution in [0.15, 0.2) is 188 Å². The van der Waals surface area contributed by atoms with Crippen LogP contribution >= 0.6 is 0 Å². The Bertz CT molecular complexity index is 3050. The second kappa shape index (κ2) is 13.0. The van der Waals surface area contributed by atoms with E-state index in [4.69, 9.17) is 0 Å². The fourth-order valence-electron chi connectivity index (χ4n) is 14.7. The van der Waals surface area contributed by atoms with Gasteiger partial charge in [0.2, 0.25) is 0 Å². The van der Waals surface area contributed by atoms with Crippen LogP contribution in [0, 0.1) is 23.7 Å². The Kier molecular flexibility index (Phi) is 7.40. The van der Waals surface area contributed by atoms with E-state index in [0.29, 0.717) is 11.8 Å². The van der Waals surface area contributed by atoms with Crippen molar-refractivity contribution >= 4 is 17.1 Å². The van der Waals surface area contributed by atoms with Crippen molar-refractivity contribution in [3.05, 3.63) is 221 Å². The van der Waals surface area contributed by atoms with Gasteiger partial charge >= 0.3 is 0 Å². The standard InChI is InChI=1S/C61H49N/c1-3-13-41(14-4-1)43-23-26-52-53-27-24-48(35-57(53)60(56(52)34-43)37-44-17-7-8-18-45(44)38-60)62(59-22-12-10-19-50(59)42-15-5-2-6-16-42)49-25-28-54-51-20-9-11-21-55(51)61(58(54)36-49)46-30-39-29-40(32-46)33-47(61)31-39/h1-28,34-36,39-40,46-47H,29-33,37-38H2. The number of nitrogens with zero attached hydrogens (tertiary/aromatic N) is 1. The lowest BCUT2D eigenvalue weighted by molar-refractivity contribution is -0.0399. The van der Waals surface area contributed by atoms with Crippen molar-refractivity contribution in [1.29, 1.82) is 0 Å². The van der Waals surface area contributed by atoms with E-state index in [-0.39, 0.29) is 10.8 Å². The predicted molar refractivity (Wildman–Crippen MR) is 255 cm³/mol. The first-order valence-electron chi connectivity index (χ1n) is 23.3. The summed E-state index contributed by atoms with van der Waals surface area (Å²) in [5.74, 6) is 3.24. The van der Waals surface area contributed by atoms with Gasteiger partial charge in [0.05, 0.1) is 5.69 Å². The Hall–Kier alpha value is -6.44. The van der Waals surface area contributed by atoms with E-state index in [1.165, 1.54) is 116 Å². The zero-order valence-corrected chi connectivity index (χ0v) is 35.1. The van der Waals surface area contributed by atoms with Crippen LogP contribution in [0.4, 0.5) is 17.1 Å². The molecule has 0 saturated heterocycles. The van der Waals surface area contributed by atoms with E-state index < -0.39 is 0 Å². The molecule has 4 saturated carbocycles. The monoisotopic (exact) mass is 795 g/mol. The number of benzene rings is 8. The van der Waals surface area contributed by atoms with Crippen molar-refractivity contribution in [2.45, 2.75) is 55.8 Å². The van der Waals surface area contributed by atoms with Crippen molar-refractivity contribution in [2.24, 2.45) is 23.7 Å². The number of fused-ring (bicyclic) bond motifs is 9. The molecular formula is C61H49N. The Labute approximate surface area is 365 Å². The highest BCUT2D eigenvalue weighted by atomic mass is 15.1. The molecule has 0 aromatic heterocycles. The van der Waals surface area contributed by atoms with E-state index in [1.807, 2.05) is 0 Å². The molecule has 0 radical (unpaired) electrons. The number of hydrogen-bond donors (Lipinski definition) is 0. The smallest absolute Gasteiger partial charge is 0.0540 e. The normalized spacial score (nSPS) is 23.5. The molecule has 62 heavy (non-hydrogen) atoms. The summed E-state index contributed by atoms with van der Waals surface area (Å²) in [4.78, 5) is 2.63. The molecule has 298 valence electrons. The first-order chi connectivity index (χ1) is 30.7. The molecule has 1 heteroatoms. The van der Waals surface area contributed by atoms with E-state index in [1.54, 1.807) is 11.1 Å². The largest absolute Gasteiger partial charge is 0.310 e. The van der Waals surface area contributed by atoms with Gasteiger partial charge in [-0.2, -0.15) is 0 Å². The third-order valence-electron chi connectivity index (χ3n) is 16.8. The average Bonchev–Trinajstić information content (AvgIpc) is 3.95. The van der Waals surface area contributed by atoms with E-state index in [2.05, 4.69) is 193 Å². The summed E-state index contributed by atoms with van der Waals surface area (Å²) < 4.78 is 0. The molecule has 0 heterocycles. The summed E-state index contributed by atoms with van der Waals surface area (Å²) in [5.41, 5.74) is 23.5. The second-order valence-corrected chi connectivity index (χ2v) is 19.7. The first kappa shape index (κ1) is 35.2. The van der Waals surface area contributed by atoms with Gasteiger partial charge in [0.15, 0.2) is 0 Å². The Morgan fingerprint density at radius 1 is 0.355 bits per heavy atom. The predicted octanol–water partition coefficient (Wildman–Crippen LogP) is 15.3. The molecular weight excluding hydrogens is 747 g/mol. The third-order valence-corrected chi connectivity index (χ3v) is 16.8. The molecule has 0 unspecified atom stereocenters. The zero-order valence-electron chi connectivity index (χ0n) is 35.1. The number of para-hydroxylation sites is 1. The molecule has 8 aromatic carbocycles. The summed E-state index contributed by atoms with van der Waals surface area (Å²) >= 11 is 0. The van der Waals surface area contributed by atoms with Crippen LogP contribution in [0.2, 0.25) is 0 Å². The van der Waals surface area contributed by atoms with Crippen LogP contribution in [0.3, 0.4) is 0 Å². The molecule has 7 aliphatic rings. The maximum absolute atomic E-state index is 2.68. The van der Waals surface area contributed by atoms with Gasteiger partial charge in [-0.1, -0.05) is 152 Å². The molecule has 0 N–H and O–H groups in total. The van der Waals surface area contributed by atoms with Gasteiger partial charge in [-0.05, 0) is 177 Å². The van der Waals surface area contributed by atoms with Crippen molar-refractivity contribution in [3.63, 3.8) is 0 Å². The van der Waals surface area contributed by atoms with Gasteiger partial charge in [-0.25, -0.2) is 0 Å². The van der Waals surface area contributed by atoms with E-state index >= 15 is 0 Å². The molecule has 15 rings (SSSR count). The molecule has 0 amide bonds. The van der Waals surface area contributed by atoms with Crippen LogP contribution in [-0.4, -0.2) is 0 Å². The van der Waals surface area contributed by atoms with Crippen LogP contribution < -0.4 is 4.90 Å². The summed E-state index contributed by atoms with van der Waals surface area (Å²) in [6.07, 6.45) is 9.01. The molecule has 2 spiro atoms. The van der Waals surface area contributed by atoms with Gasteiger partial charge in [0.25, 0.3) is 0 Å². The topological polar surface area (TPSA) is 3.24 Å². The molecule has 8 aromatic rings. The lowest BCUT2D eigenvalue weighted by atomic mass is 9.43. The highest BCUT2D eigenvalue weighted by Gasteiger charge is 2.61. The zero-order chi connectivity index (χ0) is 40.6. The summed E-state index contributed by atoms with van der Waals surface area (Å²) in [7, 11) is 0. The highest BCUT2D eigenvalue weighted by molar-refractivity contribution is 5.93. The molecule has 4 bridgehead atoms. The average molecular weight is 796 g/mol. The maximum atomic E-state index is 2.68. The SMILES string of the molecule is c1ccc(-c2ccc3c(c2)C2(Cc4ccccc4C2)c2cc(N(c4ccc5c(c4)C4(c6ccccc6-5)C5CC6CC(C5)CC4C6)c4ccccc4-c4ccccc4)ccc2-3)cc1. The van der Waals surface area contributed by atoms with Crippen molar-refractivity contribution in [2.75, 3.05) is 4.90 Å². The molecule has 7 aliphatic carbocycles. The molecule has 0 atom stereocenters. The van der Waals surface area contributed by atoms with Gasteiger partial charge < -0.3 is 4.90 Å². The molecule has 1 nitrogen and oxygen atoms in total. The summed E-state index contributed by atoms with van der Waals surface area (Å²) in [6.45, 7) is 0.